The molecule has 1 fully saturated rings. The minimum Gasteiger partial charge on any atom is -0.355 e. The van der Waals surface area contributed by atoms with Crippen LogP contribution in [0.5, 0.6) is 0 Å². The zero-order chi connectivity index (χ0) is 13.9. The largest absolute Gasteiger partial charge is 0.355 e. The lowest BCUT2D eigenvalue weighted by molar-refractivity contribution is 0.327. The maximum atomic E-state index is 4.49. The lowest BCUT2D eigenvalue weighted by atomic mass is 10.2. The molecule has 2 aromatic rings. The second kappa shape index (κ2) is 5.79. The van der Waals surface area contributed by atoms with Gasteiger partial charge in [-0.1, -0.05) is 13.3 Å². The summed E-state index contributed by atoms with van der Waals surface area (Å²) in [6, 6.07) is 2.62. The zero-order valence-electron chi connectivity index (χ0n) is 12.3. The maximum Gasteiger partial charge on any atom is 0.142 e. The van der Waals surface area contributed by atoms with Gasteiger partial charge in [0, 0.05) is 32.4 Å². The van der Waals surface area contributed by atoms with Gasteiger partial charge in [0.25, 0.3) is 0 Å². The van der Waals surface area contributed by atoms with Crippen molar-refractivity contribution in [2.24, 2.45) is 0 Å². The molecule has 2 aromatic heterocycles. The molecule has 108 valence electrons. The van der Waals surface area contributed by atoms with E-state index in [4.69, 9.17) is 0 Å². The number of rotatable bonds is 5. The van der Waals surface area contributed by atoms with E-state index >= 15 is 0 Å². The minimum absolute atomic E-state index is 0.555. The number of likely N-dealkylation sites (tertiary alicyclic amines) is 1. The van der Waals surface area contributed by atoms with Crippen molar-refractivity contribution >= 4 is 16.9 Å². The second-order valence-electron chi connectivity index (χ2n) is 5.64. The standard InChI is InChI=1S/C15H23N5/c1-3-4-8-20-9-6-12(10-20)19(2)15-13-5-7-16-14(13)17-11-18-15/h5,7,11-12H,3-4,6,8-10H2,1-2H3,(H,16,17,18). The Hall–Kier alpha value is -1.62. The van der Waals surface area contributed by atoms with Crippen LogP contribution < -0.4 is 4.90 Å². The predicted molar refractivity (Wildman–Crippen MR) is 82.0 cm³/mol. The van der Waals surface area contributed by atoms with Gasteiger partial charge in [-0.3, -0.25) is 0 Å². The van der Waals surface area contributed by atoms with Gasteiger partial charge < -0.3 is 14.8 Å². The van der Waals surface area contributed by atoms with Gasteiger partial charge in [-0.25, -0.2) is 9.97 Å². The van der Waals surface area contributed by atoms with Gasteiger partial charge in [-0.2, -0.15) is 0 Å². The van der Waals surface area contributed by atoms with E-state index in [1.165, 1.54) is 32.4 Å². The maximum absolute atomic E-state index is 4.49. The van der Waals surface area contributed by atoms with E-state index in [0.29, 0.717) is 6.04 Å². The summed E-state index contributed by atoms with van der Waals surface area (Å²) < 4.78 is 0. The van der Waals surface area contributed by atoms with Crippen LogP contribution in [0, 0.1) is 0 Å². The van der Waals surface area contributed by atoms with Crippen molar-refractivity contribution in [2.75, 3.05) is 31.6 Å². The number of unbranched alkanes of at least 4 members (excludes halogenated alkanes) is 1. The molecule has 0 saturated carbocycles. The van der Waals surface area contributed by atoms with Crippen molar-refractivity contribution in [3.05, 3.63) is 18.6 Å². The van der Waals surface area contributed by atoms with Crippen LogP contribution in [-0.4, -0.2) is 52.6 Å². The van der Waals surface area contributed by atoms with Crippen LogP contribution in [0.2, 0.25) is 0 Å². The smallest absolute Gasteiger partial charge is 0.142 e. The number of aromatic nitrogens is 3. The van der Waals surface area contributed by atoms with Crippen molar-refractivity contribution in [3.8, 4) is 0 Å². The second-order valence-corrected chi connectivity index (χ2v) is 5.64. The molecule has 5 heteroatoms. The summed E-state index contributed by atoms with van der Waals surface area (Å²) in [6.07, 6.45) is 7.36. The first-order valence-corrected chi connectivity index (χ1v) is 7.53. The highest BCUT2D eigenvalue weighted by Crippen LogP contribution is 2.25. The molecule has 0 radical (unpaired) electrons. The number of hydrogen-bond acceptors (Lipinski definition) is 4. The molecule has 5 nitrogen and oxygen atoms in total. The zero-order valence-corrected chi connectivity index (χ0v) is 12.3. The van der Waals surface area contributed by atoms with Gasteiger partial charge in [0.2, 0.25) is 0 Å². The fourth-order valence-corrected chi connectivity index (χ4v) is 3.03. The highest BCUT2D eigenvalue weighted by Gasteiger charge is 2.26. The van der Waals surface area contributed by atoms with E-state index < -0.39 is 0 Å². The number of H-pyrrole nitrogens is 1. The Morgan fingerprint density at radius 3 is 3.20 bits per heavy atom. The highest BCUT2D eigenvalue weighted by atomic mass is 15.3. The van der Waals surface area contributed by atoms with E-state index in [2.05, 4.69) is 44.8 Å². The summed E-state index contributed by atoms with van der Waals surface area (Å²) in [4.78, 5) is 16.8. The molecule has 3 heterocycles. The molecule has 0 aromatic carbocycles. The quantitative estimate of drug-likeness (QED) is 0.908. The fraction of sp³-hybridized carbons (Fsp3) is 0.600. The number of nitrogens with zero attached hydrogens (tertiary/aromatic N) is 4. The molecule has 0 aliphatic carbocycles. The third-order valence-electron chi connectivity index (χ3n) is 4.29. The molecule has 0 amide bonds. The number of hydrogen-bond donors (Lipinski definition) is 1. The number of nitrogens with one attached hydrogen (secondary N) is 1. The molecule has 1 aliphatic rings. The molecule has 1 unspecified atom stereocenters. The predicted octanol–water partition coefficient (Wildman–Crippen LogP) is 2.27. The highest BCUT2D eigenvalue weighted by molar-refractivity contribution is 5.87. The molecule has 20 heavy (non-hydrogen) atoms. The van der Waals surface area contributed by atoms with Gasteiger partial charge >= 0.3 is 0 Å². The molecule has 1 aliphatic heterocycles. The van der Waals surface area contributed by atoms with Crippen LogP contribution in [0.4, 0.5) is 5.82 Å². The first-order chi connectivity index (χ1) is 9.79. The first-order valence-electron chi connectivity index (χ1n) is 7.53. The molecular formula is C15H23N5. The Morgan fingerprint density at radius 1 is 1.45 bits per heavy atom. The van der Waals surface area contributed by atoms with Gasteiger partial charge in [0.05, 0.1) is 5.39 Å². The first kappa shape index (κ1) is 13.4. The Balaban J connectivity index is 1.73. The molecule has 1 N–H and O–H groups in total. The van der Waals surface area contributed by atoms with Crippen molar-refractivity contribution in [1.82, 2.24) is 19.9 Å². The summed E-state index contributed by atoms with van der Waals surface area (Å²) in [5.74, 6) is 1.04. The van der Waals surface area contributed by atoms with Gasteiger partial charge in [0.1, 0.15) is 17.8 Å². The van der Waals surface area contributed by atoms with Crippen LogP contribution in [-0.2, 0) is 0 Å². The lowest BCUT2D eigenvalue weighted by Gasteiger charge is -2.26. The van der Waals surface area contributed by atoms with Crippen LogP contribution in [0.15, 0.2) is 18.6 Å². The van der Waals surface area contributed by atoms with E-state index in [9.17, 15) is 0 Å². The van der Waals surface area contributed by atoms with Crippen LogP contribution in [0.1, 0.15) is 26.2 Å². The van der Waals surface area contributed by atoms with E-state index in [-0.39, 0.29) is 0 Å². The van der Waals surface area contributed by atoms with Gasteiger partial charge in [-0.15, -0.1) is 0 Å². The Morgan fingerprint density at radius 2 is 2.35 bits per heavy atom. The minimum atomic E-state index is 0.555. The monoisotopic (exact) mass is 273 g/mol. The van der Waals surface area contributed by atoms with Crippen molar-refractivity contribution in [1.29, 1.82) is 0 Å². The van der Waals surface area contributed by atoms with Crippen molar-refractivity contribution < 1.29 is 0 Å². The SMILES string of the molecule is CCCCN1CCC(N(C)c2ncnc3[nH]ccc23)C1. The average molecular weight is 273 g/mol. The number of fused-ring (bicyclic) bond motifs is 1. The fourth-order valence-electron chi connectivity index (χ4n) is 3.03. The summed E-state index contributed by atoms with van der Waals surface area (Å²) in [7, 11) is 2.16. The van der Waals surface area contributed by atoms with Crippen LogP contribution in [0.3, 0.4) is 0 Å². The van der Waals surface area contributed by atoms with Crippen LogP contribution >= 0.6 is 0 Å². The van der Waals surface area contributed by atoms with Crippen LogP contribution in [0.25, 0.3) is 11.0 Å². The normalized spacial score (nSPS) is 19.8. The molecule has 0 spiro atoms. The van der Waals surface area contributed by atoms with E-state index in [1.54, 1.807) is 6.33 Å². The number of aromatic amines is 1. The summed E-state index contributed by atoms with van der Waals surface area (Å²) in [6.45, 7) is 5.83. The summed E-state index contributed by atoms with van der Waals surface area (Å²) >= 11 is 0. The summed E-state index contributed by atoms with van der Waals surface area (Å²) in [5, 5.41) is 1.11. The lowest BCUT2D eigenvalue weighted by Crippen LogP contribution is -2.35. The molecular weight excluding hydrogens is 250 g/mol. The molecule has 3 rings (SSSR count). The van der Waals surface area contributed by atoms with E-state index in [1.807, 2.05) is 6.20 Å². The Kier molecular flexibility index (Phi) is 3.87. The molecule has 0 bridgehead atoms. The average Bonchev–Trinajstić information content (AvgIpc) is 3.12. The molecule has 1 atom stereocenters. The number of likely N-dealkylation sites (N-methyl/N-ethyl adjacent to an activating group) is 1. The third kappa shape index (κ3) is 2.50. The van der Waals surface area contributed by atoms with E-state index in [0.717, 1.165) is 23.4 Å². The third-order valence-corrected chi connectivity index (χ3v) is 4.29. The van der Waals surface area contributed by atoms with Gasteiger partial charge in [0.15, 0.2) is 0 Å². The van der Waals surface area contributed by atoms with Crippen molar-refractivity contribution in [2.45, 2.75) is 32.2 Å². The van der Waals surface area contributed by atoms with Gasteiger partial charge in [-0.05, 0) is 25.5 Å². The van der Waals surface area contributed by atoms with Crippen molar-refractivity contribution in [3.63, 3.8) is 0 Å². The Bertz CT molecular complexity index is 564. The number of anilines is 1. The summed E-state index contributed by atoms with van der Waals surface area (Å²) in [5.41, 5.74) is 0.919. The topological polar surface area (TPSA) is 48.1 Å². The molecule has 1 saturated heterocycles. The Labute approximate surface area is 120 Å².